The van der Waals surface area contributed by atoms with Gasteiger partial charge in [-0.2, -0.15) is 5.10 Å². The molecular formula is C12H15N3O. The van der Waals surface area contributed by atoms with E-state index in [0.717, 1.165) is 30.8 Å². The predicted octanol–water partition coefficient (Wildman–Crippen LogP) is 1.45. The van der Waals surface area contributed by atoms with E-state index >= 15 is 0 Å². The number of para-hydroxylation sites is 1. The van der Waals surface area contributed by atoms with Crippen molar-refractivity contribution in [1.82, 2.24) is 15.5 Å². The van der Waals surface area contributed by atoms with Crippen molar-refractivity contribution in [2.75, 3.05) is 6.54 Å². The molecule has 4 nitrogen and oxygen atoms in total. The molecule has 84 valence electrons. The quantitative estimate of drug-likeness (QED) is 0.664. The molecule has 3 N–H and O–H groups in total. The van der Waals surface area contributed by atoms with Crippen LogP contribution in [-0.2, 0) is 13.0 Å². The number of hydrogen-bond donors (Lipinski definition) is 3. The van der Waals surface area contributed by atoms with E-state index in [0.29, 0.717) is 5.75 Å². The van der Waals surface area contributed by atoms with Gasteiger partial charge in [-0.25, -0.2) is 0 Å². The molecule has 0 saturated carbocycles. The zero-order valence-electron chi connectivity index (χ0n) is 8.98. The summed E-state index contributed by atoms with van der Waals surface area (Å²) in [6, 6.07) is 9.35. The van der Waals surface area contributed by atoms with Crippen LogP contribution in [0, 0.1) is 0 Å². The zero-order chi connectivity index (χ0) is 11.2. The first-order valence-corrected chi connectivity index (χ1v) is 5.32. The summed E-state index contributed by atoms with van der Waals surface area (Å²) in [5.74, 6) is 0.367. The second-order valence-electron chi connectivity index (χ2n) is 3.64. The second-order valence-corrected chi connectivity index (χ2v) is 3.64. The van der Waals surface area contributed by atoms with Crippen molar-refractivity contribution < 1.29 is 5.11 Å². The maximum absolute atomic E-state index is 9.55. The SMILES string of the molecule is Oc1ccccc1CCNCc1ccn[nH]1. The fraction of sp³-hybridized carbons (Fsp3) is 0.250. The summed E-state index contributed by atoms with van der Waals surface area (Å²) in [7, 11) is 0. The molecule has 0 aliphatic heterocycles. The fourth-order valence-electron chi connectivity index (χ4n) is 1.55. The standard InChI is InChI=1S/C12H15N3O/c16-12-4-2-1-3-10(12)5-7-13-9-11-6-8-14-15-11/h1-4,6,8,13,16H,5,7,9H2,(H,14,15). The Morgan fingerprint density at radius 1 is 1.25 bits per heavy atom. The van der Waals surface area contributed by atoms with Crippen LogP contribution < -0.4 is 5.32 Å². The molecule has 1 aromatic carbocycles. The predicted molar refractivity (Wildman–Crippen MR) is 62.1 cm³/mol. The molecule has 0 radical (unpaired) electrons. The highest BCUT2D eigenvalue weighted by molar-refractivity contribution is 5.31. The van der Waals surface area contributed by atoms with E-state index in [9.17, 15) is 5.11 Å². The first kappa shape index (κ1) is 10.7. The monoisotopic (exact) mass is 217 g/mol. The van der Waals surface area contributed by atoms with Gasteiger partial charge in [-0.15, -0.1) is 0 Å². The van der Waals surface area contributed by atoms with Gasteiger partial charge >= 0.3 is 0 Å². The summed E-state index contributed by atoms with van der Waals surface area (Å²) < 4.78 is 0. The Morgan fingerprint density at radius 3 is 2.88 bits per heavy atom. The highest BCUT2D eigenvalue weighted by atomic mass is 16.3. The second kappa shape index (κ2) is 5.32. The molecule has 2 aromatic rings. The van der Waals surface area contributed by atoms with Crippen molar-refractivity contribution in [2.24, 2.45) is 0 Å². The molecule has 0 aliphatic carbocycles. The normalized spacial score (nSPS) is 10.5. The van der Waals surface area contributed by atoms with E-state index in [1.165, 1.54) is 0 Å². The molecular weight excluding hydrogens is 202 g/mol. The minimum atomic E-state index is 0.367. The molecule has 4 heteroatoms. The molecule has 0 saturated heterocycles. The highest BCUT2D eigenvalue weighted by Crippen LogP contribution is 2.15. The number of aromatic hydroxyl groups is 1. The smallest absolute Gasteiger partial charge is 0.118 e. The summed E-state index contributed by atoms with van der Waals surface area (Å²) in [5.41, 5.74) is 2.04. The topological polar surface area (TPSA) is 60.9 Å². The molecule has 16 heavy (non-hydrogen) atoms. The molecule has 0 fully saturated rings. The largest absolute Gasteiger partial charge is 0.508 e. The van der Waals surface area contributed by atoms with Gasteiger partial charge in [-0.05, 0) is 30.7 Å². The van der Waals surface area contributed by atoms with Crippen molar-refractivity contribution in [2.45, 2.75) is 13.0 Å². The molecule has 1 aromatic heterocycles. The Balaban J connectivity index is 1.74. The van der Waals surface area contributed by atoms with Gasteiger partial charge < -0.3 is 10.4 Å². The molecule has 0 spiro atoms. The number of aromatic amines is 1. The summed E-state index contributed by atoms with van der Waals surface area (Å²) in [5, 5.41) is 19.6. The Hall–Kier alpha value is -1.81. The molecule has 1 heterocycles. The van der Waals surface area contributed by atoms with Crippen LogP contribution in [0.2, 0.25) is 0 Å². The third-order valence-electron chi connectivity index (χ3n) is 2.44. The number of benzene rings is 1. The van der Waals surface area contributed by atoms with E-state index in [-0.39, 0.29) is 0 Å². The fourth-order valence-corrected chi connectivity index (χ4v) is 1.55. The summed E-state index contributed by atoms with van der Waals surface area (Å²) in [6.07, 6.45) is 2.56. The van der Waals surface area contributed by atoms with Gasteiger partial charge in [0.25, 0.3) is 0 Å². The van der Waals surface area contributed by atoms with Crippen molar-refractivity contribution in [3.8, 4) is 5.75 Å². The van der Waals surface area contributed by atoms with E-state index in [4.69, 9.17) is 0 Å². The minimum Gasteiger partial charge on any atom is -0.508 e. The number of H-pyrrole nitrogens is 1. The van der Waals surface area contributed by atoms with Gasteiger partial charge in [0.15, 0.2) is 0 Å². The maximum atomic E-state index is 9.55. The lowest BCUT2D eigenvalue weighted by Gasteiger charge is -2.05. The van der Waals surface area contributed by atoms with Gasteiger partial charge in [-0.3, -0.25) is 5.10 Å². The van der Waals surface area contributed by atoms with E-state index in [1.54, 1.807) is 12.3 Å². The molecule has 2 rings (SSSR count). The van der Waals surface area contributed by atoms with Crippen LogP contribution in [0.25, 0.3) is 0 Å². The van der Waals surface area contributed by atoms with Crippen LogP contribution in [0.3, 0.4) is 0 Å². The molecule has 0 atom stereocenters. The molecule has 0 unspecified atom stereocenters. The lowest BCUT2D eigenvalue weighted by molar-refractivity contribution is 0.467. The van der Waals surface area contributed by atoms with Crippen LogP contribution in [-0.4, -0.2) is 21.8 Å². The van der Waals surface area contributed by atoms with Crippen LogP contribution in [0.4, 0.5) is 0 Å². The van der Waals surface area contributed by atoms with E-state index in [2.05, 4.69) is 15.5 Å². The van der Waals surface area contributed by atoms with Crippen LogP contribution in [0.5, 0.6) is 5.75 Å². The summed E-state index contributed by atoms with van der Waals surface area (Å²) in [6.45, 7) is 1.60. The number of phenolic OH excluding ortho intramolecular Hbond substituents is 1. The van der Waals surface area contributed by atoms with Gasteiger partial charge in [0.05, 0.1) is 0 Å². The van der Waals surface area contributed by atoms with E-state index < -0.39 is 0 Å². The Kier molecular flexibility index (Phi) is 3.56. The van der Waals surface area contributed by atoms with Crippen LogP contribution in [0.1, 0.15) is 11.3 Å². The number of nitrogens with one attached hydrogen (secondary N) is 2. The van der Waals surface area contributed by atoms with E-state index in [1.807, 2.05) is 24.3 Å². The number of rotatable bonds is 5. The van der Waals surface area contributed by atoms with Crippen molar-refractivity contribution in [3.63, 3.8) is 0 Å². The van der Waals surface area contributed by atoms with Gasteiger partial charge in [0, 0.05) is 18.4 Å². The van der Waals surface area contributed by atoms with Gasteiger partial charge in [-0.1, -0.05) is 18.2 Å². The zero-order valence-corrected chi connectivity index (χ0v) is 8.98. The average Bonchev–Trinajstić information content (AvgIpc) is 2.79. The third kappa shape index (κ3) is 2.84. The van der Waals surface area contributed by atoms with Crippen molar-refractivity contribution >= 4 is 0 Å². The number of hydrogen-bond acceptors (Lipinski definition) is 3. The summed E-state index contributed by atoms with van der Waals surface area (Å²) in [4.78, 5) is 0. The van der Waals surface area contributed by atoms with Crippen LogP contribution >= 0.6 is 0 Å². The van der Waals surface area contributed by atoms with Gasteiger partial charge in [0.1, 0.15) is 5.75 Å². The molecule has 0 amide bonds. The first-order chi connectivity index (χ1) is 7.86. The Bertz CT molecular complexity index is 426. The molecule has 0 aliphatic rings. The average molecular weight is 217 g/mol. The Morgan fingerprint density at radius 2 is 2.12 bits per heavy atom. The first-order valence-electron chi connectivity index (χ1n) is 5.32. The lowest BCUT2D eigenvalue weighted by atomic mass is 10.1. The number of aromatic nitrogens is 2. The van der Waals surface area contributed by atoms with Crippen LogP contribution in [0.15, 0.2) is 36.5 Å². The Labute approximate surface area is 94.3 Å². The molecule has 0 bridgehead atoms. The lowest BCUT2D eigenvalue weighted by Crippen LogP contribution is -2.16. The van der Waals surface area contributed by atoms with Crippen molar-refractivity contribution in [1.29, 1.82) is 0 Å². The maximum Gasteiger partial charge on any atom is 0.118 e. The number of phenols is 1. The van der Waals surface area contributed by atoms with Gasteiger partial charge in [0.2, 0.25) is 0 Å². The number of nitrogens with zero attached hydrogens (tertiary/aromatic N) is 1. The van der Waals surface area contributed by atoms with Crippen molar-refractivity contribution in [3.05, 3.63) is 47.8 Å². The third-order valence-corrected chi connectivity index (χ3v) is 2.44. The summed E-state index contributed by atoms with van der Waals surface area (Å²) >= 11 is 0. The minimum absolute atomic E-state index is 0.367. The highest BCUT2D eigenvalue weighted by Gasteiger charge is 1.99.